The molecule has 3 amide bonds. The smallest absolute Gasteiger partial charge is 0.326 e. The molecule has 1 aliphatic heterocycles. The molecule has 0 bridgehead atoms. The third-order valence-electron chi connectivity index (χ3n) is 4.52. The molecule has 1 heterocycles. The zero-order valence-corrected chi connectivity index (χ0v) is 16.2. The third-order valence-corrected chi connectivity index (χ3v) is 4.52. The summed E-state index contributed by atoms with van der Waals surface area (Å²) < 4.78 is 10.6. The van der Waals surface area contributed by atoms with Gasteiger partial charge in [-0.05, 0) is 31.9 Å². The Kier molecular flexibility index (Phi) is 7.21. The van der Waals surface area contributed by atoms with Crippen LogP contribution in [0.15, 0.2) is 24.3 Å². The Hall–Kier alpha value is -2.57. The fourth-order valence-electron chi connectivity index (χ4n) is 3.26. The lowest BCUT2D eigenvalue weighted by atomic mass is 9.88. The highest BCUT2D eigenvalue weighted by atomic mass is 16.6. The lowest BCUT2D eigenvalue weighted by molar-refractivity contribution is -0.148. The summed E-state index contributed by atoms with van der Waals surface area (Å²) in [7, 11) is 0. The minimum absolute atomic E-state index is 0.0470. The number of carbonyl (C=O) groups excluding carboxylic acids is 3. The van der Waals surface area contributed by atoms with Gasteiger partial charge in [0, 0.05) is 0 Å². The molecule has 148 valence electrons. The van der Waals surface area contributed by atoms with Crippen LogP contribution in [0.4, 0.5) is 4.79 Å². The topological polar surface area (TPSA) is 84.9 Å². The Balaban J connectivity index is 1.81. The predicted molar refractivity (Wildman–Crippen MR) is 100 cm³/mol. The van der Waals surface area contributed by atoms with E-state index >= 15 is 0 Å². The van der Waals surface area contributed by atoms with E-state index in [4.69, 9.17) is 9.47 Å². The summed E-state index contributed by atoms with van der Waals surface area (Å²) in [6.07, 6.45) is 2.64. The van der Waals surface area contributed by atoms with Gasteiger partial charge in [0.2, 0.25) is 0 Å². The quantitative estimate of drug-likeness (QED) is 0.386. The van der Waals surface area contributed by atoms with Gasteiger partial charge in [-0.3, -0.25) is 14.5 Å². The minimum atomic E-state index is -0.893. The van der Waals surface area contributed by atoms with Crippen molar-refractivity contribution in [3.8, 4) is 5.75 Å². The maximum absolute atomic E-state index is 12.7. The lowest BCUT2D eigenvalue weighted by Crippen LogP contribution is -2.47. The molecule has 1 aliphatic rings. The molecule has 0 unspecified atom stereocenters. The van der Waals surface area contributed by atoms with Gasteiger partial charge in [0.15, 0.2) is 0 Å². The van der Waals surface area contributed by atoms with Crippen molar-refractivity contribution in [2.45, 2.75) is 52.0 Å². The molecule has 1 saturated heterocycles. The third kappa shape index (κ3) is 5.21. The van der Waals surface area contributed by atoms with Crippen LogP contribution in [0.1, 0.15) is 45.1 Å². The van der Waals surface area contributed by atoms with E-state index in [1.165, 1.54) is 0 Å². The van der Waals surface area contributed by atoms with Gasteiger partial charge in [-0.2, -0.15) is 0 Å². The first-order valence-corrected chi connectivity index (χ1v) is 9.41. The average Bonchev–Trinajstić information content (AvgIpc) is 2.85. The number of imide groups is 1. The van der Waals surface area contributed by atoms with E-state index in [-0.39, 0.29) is 25.7 Å². The van der Waals surface area contributed by atoms with Crippen molar-refractivity contribution in [1.82, 2.24) is 10.2 Å². The molecule has 0 aliphatic carbocycles. The molecule has 0 spiro atoms. The van der Waals surface area contributed by atoms with Gasteiger partial charge in [0.05, 0.1) is 0 Å². The summed E-state index contributed by atoms with van der Waals surface area (Å²) in [5.74, 6) is -0.284. The van der Waals surface area contributed by atoms with Crippen molar-refractivity contribution >= 4 is 17.9 Å². The van der Waals surface area contributed by atoms with Crippen molar-refractivity contribution in [2.24, 2.45) is 0 Å². The maximum Gasteiger partial charge on any atom is 0.326 e. The van der Waals surface area contributed by atoms with E-state index in [2.05, 4.69) is 5.32 Å². The van der Waals surface area contributed by atoms with Crippen LogP contribution in [0.5, 0.6) is 5.75 Å². The Bertz CT molecular complexity index is 665. The van der Waals surface area contributed by atoms with Crippen LogP contribution in [0.25, 0.3) is 0 Å². The van der Waals surface area contributed by atoms with Crippen LogP contribution < -0.4 is 10.1 Å². The highest BCUT2D eigenvalue weighted by molar-refractivity contribution is 6.08. The van der Waals surface area contributed by atoms with E-state index in [1.807, 2.05) is 45.0 Å². The predicted octanol–water partition coefficient (Wildman–Crippen LogP) is 2.81. The van der Waals surface area contributed by atoms with E-state index in [9.17, 15) is 14.4 Å². The number of benzene rings is 1. The zero-order valence-electron chi connectivity index (χ0n) is 16.2. The number of aryl methyl sites for hydroxylation is 1. The molecule has 0 atom stereocenters. The molecule has 0 saturated carbocycles. The van der Waals surface area contributed by atoms with Crippen LogP contribution in [0, 0.1) is 6.92 Å². The minimum Gasteiger partial charge on any atom is -0.490 e. The van der Waals surface area contributed by atoms with E-state index in [1.54, 1.807) is 0 Å². The van der Waals surface area contributed by atoms with Crippen LogP contribution in [0.3, 0.4) is 0 Å². The van der Waals surface area contributed by atoms with Gasteiger partial charge in [-0.25, -0.2) is 4.79 Å². The van der Waals surface area contributed by atoms with Gasteiger partial charge in [-0.1, -0.05) is 44.4 Å². The van der Waals surface area contributed by atoms with E-state index in [0.717, 1.165) is 23.3 Å². The molecule has 7 heteroatoms. The summed E-state index contributed by atoms with van der Waals surface area (Å²) >= 11 is 0. The number of rotatable bonds is 10. The molecule has 1 aromatic carbocycles. The Morgan fingerprint density at radius 1 is 1.07 bits per heavy atom. The highest BCUT2D eigenvalue weighted by Crippen LogP contribution is 2.27. The largest absolute Gasteiger partial charge is 0.490 e. The number of ether oxygens (including phenoxy) is 2. The van der Waals surface area contributed by atoms with Gasteiger partial charge >= 0.3 is 12.0 Å². The van der Waals surface area contributed by atoms with Crippen LogP contribution in [0.2, 0.25) is 0 Å². The maximum atomic E-state index is 12.7. The van der Waals surface area contributed by atoms with Crippen LogP contribution >= 0.6 is 0 Å². The van der Waals surface area contributed by atoms with Gasteiger partial charge in [0.1, 0.15) is 31.0 Å². The van der Waals surface area contributed by atoms with Crippen molar-refractivity contribution in [3.63, 3.8) is 0 Å². The van der Waals surface area contributed by atoms with E-state index in [0.29, 0.717) is 18.6 Å². The summed E-state index contributed by atoms with van der Waals surface area (Å²) in [4.78, 5) is 37.9. The number of carbonyl (C=O) groups is 3. The Morgan fingerprint density at radius 2 is 1.70 bits per heavy atom. The van der Waals surface area contributed by atoms with Gasteiger partial charge < -0.3 is 14.8 Å². The average molecular weight is 376 g/mol. The molecule has 1 aromatic rings. The first kappa shape index (κ1) is 20.7. The Labute approximate surface area is 160 Å². The van der Waals surface area contributed by atoms with Crippen molar-refractivity contribution < 1.29 is 23.9 Å². The molecule has 7 nitrogen and oxygen atoms in total. The standard InChI is InChI=1S/C20H28N2O5/c1-4-10-20(11-5-2)18(24)22(19(25)21-20)14-17(23)27-13-12-26-16-8-6-15(3)7-9-16/h6-9H,4-5,10-14H2,1-3H3,(H,21,25). The molecule has 0 aromatic heterocycles. The van der Waals surface area contributed by atoms with Crippen LogP contribution in [-0.2, 0) is 14.3 Å². The second kappa shape index (κ2) is 9.39. The van der Waals surface area contributed by atoms with Crippen molar-refractivity contribution in [3.05, 3.63) is 29.8 Å². The summed E-state index contributed by atoms with van der Waals surface area (Å²) in [5.41, 5.74) is 0.236. The molecule has 2 rings (SSSR count). The molecule has 27 heavy (non-hydrogen) atoms. The number of hydrogen-bond acceptors (Lipinski definition) is 5. The number of nitrogens with zero attached hydrogens (tertiary/aromatic N) is 1. The SMILES string of the molecule is CCCC1(CCC)NC(=O)N(CC(=O)OCCOc2ccc(C)cc2)C1=O. The van der Waals surface area contributed by atoms with Gasteiger partial charge in [0.25, 0.3) is 5.91 Å². The number of urea groups is 1. The van der Waals surface area contributed by atoms with Gasteiger partial charge in [-0.15, -0.1) is 0 Å². The zero-order chi connectivity index (χ0) is 19.9. The molecular weight excluding hydrogens is 348 g/mol. The summed E-state index contributed by atoms with van der Waals surface area (Å²) in [6, 6.07) is 7.00. The van der Waals surface area contributed by atoms with Crippen LogP contribution in [-0.4, -0.2) is 48.1 Å². The number of hydrogen-bond donors (Lipinski definition) is 1. The first-order chi connectivity index (χ1) is 12.9. The second-order valence-electron chi connectivity index (χ2n) is 6.79. The first-order valence-electron chi connectivity index (χ1n) is 9.41. The Morgan fingerprint density at radius 3 is 2.30 bits per heavy atom. The fourth-order valence-corrected chi connectivity index (χ4v) is 3.26. The fraction of sp³-hybridized carbons (Fsp3) is 0.550. The normalized spacial score (nSPS) is 15.6. The summed E-state index contributed by atoms with van der Waals surface area (Å²) in [5, 5.41) is 2.77. The molecule has 0 radical (unpaired) electrons. The number of amides is 3. The van der Waals surface area contributed by atoms with Crippen molar-refractivity contribution in [2.75, 3.05) is 19.8 Å². The highest BCUT2D eigenvalue weighted by Gasteiger charge is 2.50. The number of nitrogens with one attached hydrogen (secondary N) is 1. The lowest BCUT2D eigenvalue weighted by Gasteiger charge is -2.25. The monoisotopic (exact) mass is 376 g/mol. The van der Waals surface area contributed by atoms with E-state index < -0.39 is 17.5 Å². The molecule has 1 N–H and O–H groups in total. The number of esters is 1. The second-order valence-corrected chi connectivity index (χ2v) is 6.79. The summed E-state index contributed by atoms with van der Waals surface area (Å²) in [6.45, 7) is 5.76. The molecular formula is C20H28N2O5. The molecule has 1 fully saturated rings. The van der Waals surface area contributed by atoms with Crippen molar-refractivity contribution in [1.29, 1.82) is 0 Å².